The van der Waals surface area contributed by atoms with Crippen molar-refractivity contribution in [3.63, 3.8) is 0 Å². The smallest absolute Gasteiger partial charge is 0.278 e. The van der Waals surface area contributed by atoms with Crippen molar-refractivity contribution in [1.29, 1.82) is 0 Å². The number of aromatic nitrogens is 2. The van der Waals surface area contributed by atoms with Gasteiger partial charge in [-0.15, -0.1) is 0 Å². The van der Waals surface area contributed by atoms with E-state index in [4.69, 9.17) is 11.5 Å². The summed E-state index contributed by atoms with van der Waals surface area (Å²) in [6, 6.07) is 28.6. The highest BCUT2D eigenvalue weighted by Crippen LogP contribution is 2.31. The molecule has 5 aromatic rings. The first kappa shape index (κ1) is 16.3. The average molecular weight is 363 g/mol. The number of rotatable bonds is 2. The Kier molecular flexibility index (Phi) is 3.69. The topological polar surface area (TPSA) is 79.1 Å². The summed E-state index contributed by atoms with van der Waals surface area (Å²) in [6.07, 6.45) is 0. The standard InChI is InChI=1S/C24H18N4/c25-23-19(15-7-3-1-4-8-15)12-17-11-18-13-20(16-9-5-2-6-10-16)24(26)28-22(18)14-21(17)27-23/h1-14H,(H2,25,27)(H2,26,28)/p+1. The van der Waals surface area contributed by atoms with Gasteiger partial charge in [0.1, 0.15) is 11.3 Å². The summed E-state index contributed by atoms with van der Waals surface area (Å²) in [4.78, 5) is 7.94. The molecular weight excluding hydrogens is 344 g/mol. The van der Waals surface area contributed by atoms with Crippen LogP contribution in [-0.4, -0.2) is 4.98 Å². The minimum Gasteiger partial charge on any atom is -0.383 e. The second kappa shape index (κ2) is 6.35. The van der Waals surface area contributed by atoms with Crippen LogP contribution in [0.15, 0.2) is 84.9 Å². The Labute approximate surface area is 162 Å². The molecule has 0 saturated carbocycles. The number of pyridine rings is 2. The summed E-state index contributed by atoms with van der Waals surface area (Å²) in [5, 5.41) is 2.11. The van der Waals surface area contributed by atoms with Gasteiger partial charge in [0.25, 0.3) is 5.82 Å². The molecule has 0 aliphatic rings. The summed E-state index contributed by atoms with van der Waals surface area (Å²) in [7, 11) is 0. The fourth-order valence-corrected chi connectivity index (χ4v) is 3.63. The number of nitrogen functional groups attached to an aromatic ring is 2. The first-order chi connectivity index (χ1) is 13.7. The van der Waals surface area contributed by atoms with Crippen molar-refractivity contribution in [2.75, 3.05) is 11.5 Å². The van der Waals surface area contributed by atoms with Crippen LogP contribution in [-0.2, 0) is 0 Å². The molecule has 0 fully saturated rings. The fraction of sp³-hybridized carbons (Fsp3) is 0. The van der Waals surface area contributed by atoms with Crippen LogP contribution in [0.3, 0.4) is 0 Å². The van der Waals surface area contributed by atoms with Gasteiger partial charge in [0.05, 0.1) is 11.1 Å². The zero-order chi connectivity index (χ0) is 19.1. The molecule has 0 unspecified atom stereocenters. The van der Waals surface area contributed by atoms with Crippen LogP contribution in [0.1, 0.15) is 0 Å². The molecule has 4 nitrogen and oxygen atoms in total. The van der Waals surface area contributed by atoms with Gasteiger partial charge in [-0.05, 0) is 29.3 Å². The molecule has 0 atom stereocenters. The first-order valence-corrected chi connectivity index (χ1v) is 9.16. The second-order valence-corrected chi connectivity index (χ2v) is 6.88. The molecule has 0 aliphatic heterocycles. The zero-order valence-electron chi connectivity index (χ0n) is 15.2. The molecule has 4 heteroatoms. The predicted molar refractivity (Wildman–Crippen MR) is 116 cm³/mol. The van der Waals surface area contributed by atoms with Crippen molar-refractivity contribution >= 4 is 33.4 Å². The van der Waals surface area contributed by atoms with E-state index in [2.05, 4.69) is 40.3 Å². The molecule has 0 bridgehead atoms. The minimum absolute atomic E-state index is 0.520. The van der Waals surface area contributed by atoms with E-state index in [1.165, 1.54) is 0 Å². The Morgan fingerprint density at radius 2 is 1.25 bits per heavy atom. The summed E-state index contributed by atoms with van der Waals surface area (Å²) in [6.45, 7) is 0. The van der Waals surface area contributed by atoms with Gasteiger partial charge in [-0.3, -0.25) is 5.73 Å². The van der Waals surface area contributed by atoms with Gasteiger partial charge in [0.2, 0.25) is 0 Å². The van der Waals surface area contributed by atoms with Crippen LogP contribution < -0.4 is 16.5 Å². The SMILES string of the molecule is Nc1nc2cc3[nH+]c(N)c(-c4ccccc4)cc3cc2cc1-c1ccccc1. The van der Waals surface area contributed by atoms with Crippen LogP contribution in [0.2, 0.25) is 0 Å². The van der Waals surface area contributed by atoms with Gasteiger partial charge in [0, 0.05) is 22.4 Å². The number of fused-ring (bicyclic) bond motifs is 2. The van der Waals surface area contributed by atoms with Crippen LogP contribution in [0.25, 0.3) is 44.1 Å². The third-order valence-electron chi connectivity index (χ3n) is 5.04. The summed E-state index contributed by atoms with van der Waals surface area (Å²) >= 11 is 0. The molecule has 5 rings (SSSR count). The number of hydrogen-bond donors (Lipinski definition) is 2. The molecule has 134 valence electrons. The van der Waals surface area contributed by atoms with E-state index in [1.54, 1.807) is 0 Å². The molecular formula is C24H19N4+. The number of nitrogens with one attached hydrogen (secondary N) is 1. The van der Waals surface area contributed by atoms with E-state index in [1.807, 2.05) is 54.6 Å². The van der Waals surface area contributed by atoms with Crippen molar-refractivity contribution in [3.8, 4) is 22.3 Å². The van der Waals surface area contributed by atoms with Crippen molar-refractivity contribution in [2.45, 2.75) is 0 Å². The molecule has 28 heavy (non-hydrogen) atoms. The molecule has 0 aliphatic carbocycles. The van der Waals surface area contributed by atoms with Crippen LogP contribution >= 0.6 is 0 Å². The lowest BCUT2D eigenvalue weighted by Crippen LogP contribution is -2.13. The van der Waals surface area contributed by atoms with Crippen molar-refractivity contribution < 1.29 is 4.98 Å². The summed E-state index contributed by atoms with van der Waals surface area (Å²) in [5.74, 6) is 1.15. The monoisotopic (exact) mass is 363 g/mol. The Hall–Kier alpha value is -3.92. The Bertz CT molecular complexity index is 1210. The number of H-pyrrole nitrogens is 1. The normalized spacial score (nSPS) is 11.1. The zero-order valence-corrected chi connectivity index (χ0v) is 15.2. The van der Waals surface area contributed by atoms with E-state index in [-0.39, 0.29) is 0 Å². The number of nitrogens with zero attached hydrogens (tertiary/aromatic N) is 1. The molecule has 2 aromatic heterocycles. The minimum atomic E-state index is 0.520. The maximum Gasteiger partial charge on any atom is 0.278 e. The van der Waals surface area contributed by atoms with E-state index < -0.39 is 0 Å². The third kappa shape index (κ3) is 2.72. The van der Waals surface area contributed by atoms with E-state index in [0.717, 1.165) is 44.1 Å². The van der Waals surface area contributed by atoms with E-state index in [9.17, 15) is 0 Å². The molecule has 0 radical (unpaired) electrons. The lowest BCUT2D eigenvalue weighted by atomic mass is 10.0. The van der Waals surface area contributed by atoms with Crippen molar-refractivity contribution in [1.82, 2.24) is 4.98 Å². The maximum absolute atomic E-state index is 6.29. The lowest BCUT2D eigenvalue weighted by Gasteiger charge is -2.09. The number of aromatic amines is 1. The van der Waals surface area contributed by atoms with E-state index >= 15 is 0 Å². The highest BCUT2D eigenvalue weighted by atomic mass is 14.9. The van der Waals surface area contributed by atoms with Crippen LogP contribution in [0.5, 0.6) is 0 Å². The summed E-state index contributed by atoms with van der Waals surface area (Å²) in [5.41, 5.74) is 18.4. The maximum atomic E-state index is 6.29. The molecule has 5 N–H and O–H groups in total. The quantitative estimate of drug-likeness (QED) is 0.446. The Morgan fingerprint density at radius 1 is 0.643 bits per heavy atom. The predicted octanol–water partition coefficient (Wildman–Crippen LogP) is 4.70. The summed E-state index contributed by atoms with van der Waals surface area (Å²) < 4.78 is 0. The Balaban J connectivity index is 1.74. The lowest BCUT2D eigenvalue weighted by molar-refractivity contribution is -0.325. The van der Waals surface area contributed by atoms with Crippen LogP contribution in [0, 0.1) is 0 Å². The van der Waals surface area contributed by atoms with Crippen molar-refractivity contribution in [3.05, 3.63) is 84.9 Å². The molecule has 2 heterocycles. The molecule has 0 saturated heterocycles. The van der Waals surface area contributed by atoms with E-state index in [0.29, 0.717) is 11.6 Å². The fourth-order valence-electron chi connectivity index (χ4n) is 3.63. The number of benzene rings is 3. The van der Waals surface area contributed by atoms with Gasteiger partial charge in [-0.1, -0.05) is 60.7 Å². The number of hydrogen-bond acceptors (Lipinski definition) is 3. The Morgan fingerprint density at radius 3 is 1.93 bits per heavy atom. The van der Waals surface area contributed by atoms with Gasteiger partial charge in [0.15, 0.2) is 0 Å². The molecule has 0 amide bonds. The van der Waals surface area contributed by atoms with Gasteiger partial charge in [-0.25, -0.2) is 9.97 Å². The average Bonchev–Trinajstić information content (AvgIpc) is 2.73. The highest BCUT2D eigenvalue weighted by molar-refractivity contribution is 5.98. The highest BCUT2D eigenvalue weighted by Gasteiger charge is 2.13. The van der Waals surface area contributed by atoms with Gasteiger partial charge >= 0.3 is 0 Å². The van der Waals surface area contributed by atoms with Gasteiger partial charge in [-0.2, -0.15) is 0 Å². The van der Waals surface area contributed by atoms with Gasteiger partial charge < -0.3 is 5.73 Å². The largest absolute Gasteiger partial charge is 0.383 e. The third-order valence-corrected chi connectivity index (χ3v) is 5.04. The molecule has 0 spiro atoms. The van der Waals surface area contributed by atoms with Crippen LogP contribution in [0.4, 0.5) is 11.6 Å². The molecule has 3 aromatic carbocycles. The number of nitrogens with two attached hydrogens (primary N) is 2. The first-order valence-electron chi connectivity index (χ1n) is 9.16. The number of anilines is 2. The van der Waals surface area contributed by atoms with Crippen molar-refractivity contribution in [2.24, 2.45) is 0 Å². The second-order valence-electron chi connectivity index (χ2n) is 6.88.